The molecule has 0 bridgehead atoms. The van der Waals surface area contributed by atoms with Gasteiger partial charge in [-0.15, -0.1) is 0 Å². The zero-order valence-corrected chi connectivity index (χ0v) is 11.5. The molecule has 20 heavy (non-hydrogen) atoms. The van der Waals surface area contributed by atoms with Gasteiger partial charge in [0, 0.05) is 12.6 Å². The number of aliphatic hydroxyl groups is 1. The van der Waals surface area contributed by atoms with Crippen LogP contribution in [-0.4, -0.2) is 12.2 Å². The zero-order valence-electron chi connectivity index (χ0n) is 11.5. The van der Waals surface area contributed by atoms with Gasteiger partial charge in [0.25, 0.3) is 0 Å². The van der Waals surface area contributed by atoms with E-state index in [0.717, 1.165) is 28.2 Å². The highest BCUT2D eigenvalue weighted by molar-refractivity contribution is 5.38. The fourth-order valence-corrected chi connectivity index (χ4v) is 1.86. The van der Waals surface area contributed by atoms with E-state index in [4.69, 9.17) is 20.3 Å². The number of rotatable bonds is 6. The molecule has 4 heteroatoms. The molecule has 0 heterocycles. The van der Waals surface area contributed by atoms with Crippen LogP contribution in [0.15, 0.2) is 42.5 Å². The molecule has 106 valence electrons. The number of nitrogens with two attached hydrogens (primary N) is 1. The monoisotopic (exact) mass is 273 g/mol. The summed E-state index contributed by atoms with van der Waals surface area (Å²) in [6, 6.07) is 13.3. The molecule has 0 spiro atoms. The topological polar surface area (TPSA) is 64.7 Å². The van der Waals surface area contributed by atoms with Gasteiger partial charge in [0.2, 0.25) is 0 Å². The molecule has 4 nitrogen and oxygen atoms in total. The van der Waals surface area contributed by atoms with Crippen molar-refractivity contribution in [1.29, 1.82) is 0 Å². The Morgan fingerprint density at radius 3 is 2.20 bits per heavy atom. The van der Waals surface area contributed by atoms with Gasteiger partial charge in [-0.1, -0.05) is 24.3 Å². The predicted octanol–water partition coefficient (Wildman–Crippen LogP) is 2.23. The molecule has 0 aromatic heterocycles. The lowest BCUT2D eigenvalue weighted by Gasteiger charge is -2.10. The van der Waals surface area contributed by atoms with Crippen molar-refractivity contribution >= 4 is 0 Å². The summed E-state index contributed by atoms with van der Waals surface area (Å²) in [7, 11) is 1.62. The van der Waals surface area contributed by atoms with Crippen molar-refractivity contribution in [2.24, 2.45) is 5.73 Å². The maximum Gasteiger partial charge on any atom is 0.123 e. The molecule has 2 aromatic rings. The first-order valence-electron chi connectivity index (χ1n) is 6.44. The van der Waals surface area contributed by atoms with Crippen LogP contribution in [0.25, 0.3) is 0 Å². The van der Waals surface area contributed by atoms with Crippen molar-refractivity contribution in [3.05, 3.63) is 59.2 Å². The Labute approximate surface area is 118 Å². The van der Waals surface area contributed by atoms with Gasteiger partial charge in [-0.05, 0) is 28.8 Å². The Bertz CT molecular complexity index is 530. The van der Waals surface area contributed by atoms with E-state index in [0.29, 0.717) is 13.2 Å². The van der Waals surface area contributed by atoms with Gasteiger partial charge in [0.05, 0.1) is 13.7 Å². The van der Waals surface area contributed by atoms with Crippen molar-refractivity contribution in [2.75, 3.05) is 7.11 Å². The van der Waals surface area contributed by atoms with Crippen LogP contribution in [0.5, 0.6) is 11.5 Å². The smallest absolute Gasteiger partial charge is 0.123 e. The van der Waals surface area contributed by atoms with E-state index in [9.17, 15) is 0 Å². The third-order valence-corrected chi connectivity index (χ3v) is 3.02. The van der Waals surface area contributed by atoms with Crippen molar-refractivity contribution in [2.45, 2.75) is 19.8 Å². The third kappa shape index (κ3) is 3.73. The molecule has 0 saturated carbocycles. The molecule has 0 unspecified atom stereocenters. The van der Waals surface area contributed by atoms with Crippen molar-refractivity contribution in [3.63, 3.8) is 0 Å². The lowest BCUT2D eigenvalue weighted by molar-refractivity contribution is 0.281. The van der Waals surface area contributed by atoms with Gasteiger partial charge in [-0.3, -0.25) is 0 Å². The predicted molar refractivity (Wildman–Crippen MR) is 77.6 cm³/mol. The van der Waals surface area contributed by atoms with E-state index in [-0.39, 0.29) is 6.61 Å². The van der Waals surface area contributed by atoms with Crippen LogP contribution in [0.1, 0.15) is 16.7 Å². The summed E-state index contributed by atoms with van der Waals surface area (Å²) >= 11 is 0. The normalized spacial score (nSPS) is 10.3. The molecule has 0 aliphatic heterocycles. The molecular formula is C16H19NO3. The Morgan fingerprint density at radius 2 is 1.60 bits per heavy atom. The van der Waals surface area contributed by atoms with Crippen LogP contribution in [0, 0.1) is 0 Å². The van der Waals surface area contributed by atoms with Gasteiger partial charge >= 0.3 is 0 Å². The molecule has 0 aliphatic carbocycles. The first kappa shape index (κ1) is 14.4. The summed E-state index contributed by atoms with van der Waals surface area (Å²) in [5.41, 5.74) is 8.54. The van der Waals surface area contributed by atoms with E-state index < -0.39 is 0 Å². The molecule has 0 aliphatic rings. The minimum atomic E-state index is 0.0525. The first-order valence-corrected chi connectivity index (χ1v) is 6.44. The summed E-state index contributed by atoms with van der Waals surface area (Å²) in [6.07, 6.45) is 0. The maximum atomic E-state index is 8.99. The molecule has 2 aromatic carbocycles. The standard InChI is InChI=1S/C16H19NO3/c1-19-15-6-14(9-17)7-16(8-15)20-11-13-4-2-12(10-18)3-5-13/h2-8,18H,9-11,17H2,1H3. The number of ether oxygens (including phenoxy) is 2. The summed E-state index contributed by atoms with van der Waals surface area (Å²) in [5.74, 6) is 1.47. The largest absolute Gasteiger partial charge is 0.497 e. The van der Waals surface area contributed by atoms with Gasteiger partial charge < -0.3 is 20.3 Å². The SMILES string of the molecule is COc1cc(CN)cc(OCc2ccc(CO)cc2)c1. The average molecular weight is 273 g/mol. The van der Waals surface area contributed by atoms with Gasteiger partial charge in [-0.25, -0.2) is 0 Å². The molecule has 3 N–H and O–H groups in total. The van der Waals surface area contributed by atoms with Crippen molar-refractivity contribution in [3.8, 4) is 11.5 Å². The van der Waals surface area contributed by atoms with E-state index in [1.807, 2.05) is 42.5 Å². The minimum absolute atomic E-state index is 0.0525. The third-order valence-electron chi connectivity index (χ3n) is 3.02. The highest BCUT2D eigenvalue weighted by atomic mass is 16.5. The Morgan fingerprint density at radius 1 is 0.950 bits per heavy atom. The molecule has 0 amide bonds. The number of hydrogen-bond acceptors (Lipinski definition) is 4. The molecule has 0 saturated heterocycles. The Balaban J connectivity index is 2.05. The van der Waals surface area contributed by atoms with Gasteiger partial charge in [0.1, 0.15) is 18.1 Å². The molecule has 0 radical (unpaired) electrons. The second-order valence-corrected chi connectivity index (χ2v) is 4.48. The number of aliphatic hydroxyl groups excluding tert-OH is 1. The van der Waals surface area contributed by atoms with Crippen LogP contribution in [0.4, 0.5) is 0 Å². The minimum Gasteiger partial charge on any atom is -0.497 e. The van der Waals surface area contributed by atoms with E-state index >= 15 is 0 Å². The van der Waals surface area contributed by atoms with E-state index in [1.165, 1.54) is 0 Å². The highest BCUT2D eigenvalue weighted by Gasteiger charge is 2.02. The molecule has 0 fully saturated rings. The Kier molecular flexibility index (Phi) is 4.98. The number of benzene rings is 2. The Hall–Kier alpha value is -2.04. The summed E-state index contributed by atoms with van der Waals surface area (Å²) in [6.45, 7) is 0.957. The second kappa shape index (κ2) is 6.93. The lowest BCUT2D eigenvalue weighted by atomic mass is 10.1. The summed E-state index contributed by atoms with van der Waals surface area (Å²) in [4.78, 5) is 0. The quantitative estimate of drug-likeness (QED) is 0.847. The second-order valence-electron chi connectivity index (χ2n) is 4.48. The molecule has 0 atom stereocenters. The van der Waals surface area contributed by atoms with Crippen LogP contribution in [0.3, 0.4) is 0 Å². The summed E-state index contributed by atoms with van der Waals surface area (Å²) in [5, 5.41) is 8.99. The van der Waals surface area contributed by atoms with Crippen LogP contribution in [0.2, 0.25) is 0 Å². The lowest BCUT2D eigenvalue weighted by Crippen LogP contribution is -2.00. The average Bonchev–Trinajstić information content (AvgIpc) is 2.53. The first-order chi connectivity index (χ1) is 9.75. The fourth-order valence-electron chi connectivity index (χ4n) is 1.86. The van der Waals surface area contributed by atoms with Crippen LogP contribution in [-0.2, 0) is 19.8 Å². The van der Waals surface area contributed by atoms with E-state index in [2.05, 4.69) is 0 Å². The highest BCUT2D eigenvalue weighted by Crippen LogP contribution is 2.23. The fraction of sp³-hybridized carbons (Fsp3) is 0.250. The summed E-state index contributed by atoms with van der Waals surface area (Å²) < 4.78 is 11.0. The van der Waals surface area contributed by atoms with Crippen LogP contribution < -0.4 is 15.2 Å². The van der Waals surface area contributed by atoms with Gasteiger partial charge in [-0.2, -0.15) is 0 Å². The number of methoxy groups -OCH3 is 1. The molecule has 2 rings (SSSR count). The van der Waals surface area contributed by atoms with E-state index in [1.54, 1.807) is 7.11 Å². The van der Waals surface area contributed by atoms with Crippen molar-refractivity contribution < 1.29 is 14.6 Å². The van der Waals surface area contributed by atoms with Gasteiger partial charge in [0.15, 0.2) is 0 Å². The molecular weight excluding hydrogens is 254 g/mol. The number of hydrogen-bond donors (Lipinski definition) is 2. The zero-order chi connectivity index (χ0) is 14.4. The van der Waals surface area contributed by atoms with Crippen LogP contribution >= 0.6 is 0 Å². The maximum absolute atomic E-state index is 8.99. The van der Waals surface area contributed by atoms with Crippen molar-refractivity contribution in [1.82, 2.24) is 0 Å².